The number of nitrogens with two attached hydrogens (primary N) is 1. The van der Waals surface area contributed by atoms with E-state index in [1.54, 1.807) is 12.3 Å². The summed E-state index contributed by atoms with van der Waals surface area (Å²) >= 11 is 0. The Morgan fingerprint density at radius 2 is 1.81 bits per heavy atom. The molecule has 32 heavy (non-hydrogen) atoms. The molecule has 0 aliphatic heterocycles. The third kappa shape index (κ3) is 3.37. The summed E-state index contributed by atoms with van der Waals surface area (Å²) in [6.07, 6.45) is 3.62. The van der Waals surface area contributed by atoms with E-state index in [0.29, 0.717) is 23.4 Å². The molecule has 2 heterocycles. The monoisotopic (exact) mass is 425 g/mol. The average molecular weight is 425 g/mol. The molecule has 0 saturated heterocycles. The molecular formula is C25H23N5O2. The number of hydrogen-bond donors (Lipinski definition) is 3. The third-order valence-corrected chi connectivity index (χ3v) is 6.12. The van der Waals surface area contributed by atoms with Crippen LogP contribution in [-0.2, 0) is 13.5 Å². The standard InChI is InChI=1S/C25H23N5O2/c1-30-21-9-5-3-7-16(21)13-22(30)25(32)28-20-12-15-6-2-4-8-17(15)23(20)29-24(31)18-14-27-11-10-19(18)26/h2-11,13-14,20,23H,12H2,1H3,(H2,26,27)(H,28,32)(H,29,31)/t20-,23-/m0/s1. The van der Waals surface area contributed by atoms with Gasteiger partial charge in [0.1, 0.15) is 5.69 Å². The summed E-state index contributed by atoms with van der Waals surface area (Å²) < 4.78 is 1.89. The van der Waals surface area contributed by atoms with Crippen LogP contribution < -0.4 is 16.4 Å². The lowest BCUT2D eigenvalue weighted by molar-refractivity contribution is 0.0884. The molecule has 0 spiro atoms. The van der Waals surface area contributed by atoms with Crippen molar-refractivity contribution in [1.82, 2.24) is 20.2 Å². The van der Waals surface area contributed by atoms with Crippen molar-refractivity contribution in [1.29, 1.82) is 0 Å². The fourth-order valence-electron chi connectivity index (χ4n) is 4.47. The zero-order valence-electron chi connectivity index (χ0n) is 17.6. The summed E-state index contributed by atoms with van der Waals surface area (Å²) in [5.41, 5.74) is 10.3. The molecule has 7 nitrogen and oxygen atoms in total. The van der Waals surface area contributed by atoms with E-state index < -0.39 is 0 Å². The van der Waals surface area contributed by atoms with Gasteiger partial charge in [0.25, 0.3) is 11.8 Å². The minimum atomic E-state index is -0.378. The number of aryl methyl sites for hydroxylation is 1. The van der Waals surface area contributed by atoms with E-state index in [9.17, 15) is 9.59 Å². The van der Waals surface area contributed by atoms with Crippen molar-refractivity contribution in [2.75, 3.05) is 5.73 Å². The van der Waals surface area contributed by atoms with E-state index in [0.717, 1.165) is 22.0 Å². The number of nitrogen functional groups attached to an aromatic ring is 1. The maximum absolute atomic E-state index is 13.2. The molecule has 0 saturated carbocycles. The fraction of sp³-hybridized carbons (Fsp3) is 0.160. The van der Waals surface area contributed by atoms with Crippen LogP contribution in [0.4, 0.5) is 5.69 Å². The van der Waals surface area contributed by atoms with E-state index in [-0.39, 0.29) is 23.9 Å². The molecule has 0 bridgehead atoms. The van der Waals surface area contributed by atoms with Gasteiger partial charge in [-0.05, 0) is 35.7 Å². The molecule has 2 amide bonds. The summed E-state index contributed by atoms with van der Waals surface area (Å²) in [5, 5.41) is 7.21. The first-order valence-corrected chi connectivity index (χ1v) is 10.5. The number of carbonyl (C=O) groups excluding carboxylic acids is 2. The Bertz CT molecular complexity index is 1340. The number of fused-ring (bicyclic) bond motifs is 2. The number of pyridine rings is 1. The highest BCUT2D eigenvalue weighted by Gasteiger charge is 2.35. The number of benzene rings is 2. The molecule has 5 rings (SSSR count). The first kappa shape index (κ1) is 19.8. The second-order valence-corrected chi connectivity index (χ2v) is 8.04. The Hall–Kier alpha value is -4.13. The van der Waals surface area contributed by atoms with Crippen LogP contribution >= 0.6 is 0 Å². The number of rotatable bonds is 4. The SMILES string of the molecule is Cn1c(C(=O)N[C@H]2Cc3ccccc3[C@@H]2NC(=O)c2cnccc2N)cc2ccccc21. The smallest absolute Gasteiger partial charge is 0.268 e. The van der Waals surface area contributed by atoms with Gasteiger partial charge in [0.05, 0.1) is 17.6 Å². The van der Waals surface area contributed by atoms with Crippen molar-refractivity contribution in [2.45, 2.75) is 18.5 Å². The van der Waals surface area contributed by atoms with Gasteiger partial charge in [-0.15, -0.1) is 0 Å². The maximum Gasteiger partial charge on any atom is 0.268 e. The van der Waals surface area contributed by atoms with Crippen molar-refractivity contribution in [3.8, 4) is 0 Å². The summed E-state index contributed by atoms with van der Waals surface area (Å²) in [6, 6.07) is 18.6. The highest BCUT2D eigenvalue weighted by molar-refractivity contribution is 6.00. The highest BCUT2D eigenvalue weighted by atomic mass is 16.2. The number of para-hydroxylation sites is 1. The van der Waals surface area contributed by atoms with Gasteiger partial charge in [-0.1, -0.05) is 42.5 Å². The highest BCUT2D eigenvalue weighted by Crippen LogP contribution is 2.32. The Labute approximate surface area is 185 Å². The Morgan fingerprint density at radius 1 is 1.03 bits per heavy atom. The predicted molar refractivity (Wildman–Crippen MR) is 123 cm³/mol. The summed E-state index contributed by atoms with van der Waals surface area (Å²) in [4.78, 5) is 30.2. The molecule has 0 unspecified atom stereocenters. The Balaban J connectivity index is 1.43. The summed E-state index contributed by atoms with van der Waals surface area (Å²) in [7, 11) is 1.88. The normalized spacial score (nSPS) is 17.2. The van der Waals surface area contributed by atoms with E-state index in [4.69, 9.17) is 5.73 Å². The number of carbonyl (C=O) groups is 2. The van der Waals surface area contributed by atoms with Crippen molar-refractivity contribution in [3.63, 3.8) is 0 Å². The molecule has 2 aromatic carbocycles. The van der Waals surface area contributed by atoms with Crippen molar-refractivity contribution < 1.29 is 9.59 Å². The zero-order valence-corrected chi connectivity index (χ0v) is 17.6. The largest absolute Gasteiger partial charge is 0.398 e. The summed E-state index contributed by atoms with van der Waals surface area (Å²) in [5.74, 6) is -0.497. The first-order valence-electron chi connectivity index (χ1n) is 10.5. The van der Waals surface area contributed by atoms with Gasteiger partial charge >= 0.3 is 0 Å². The van der Waals surface area contributed by atoms with Gasteiger partial charge in [0, 0.05) is 36.0 Å². The van der Waals surface area contributed by atoms with Gasteiger partial charge in [-0.2, -0.15) is 0 Å². The van der Waals surface area contributed by atoms with Gasteiger partial charge in [-0.3, -0.25) is 14.6 Å². The lowest BCUT2D eigenvalue weighted by atomic mass is 10.1. The van der Waals surface area contributed by atoms with Crippen molar-refractivity contribution >= 4 is 28.4 Å². The Morgan fingerprint density at radius 3 is 2.62 bits per heavy atom. The van der Waals surface area contributed by atoms with Crippen LogP contribution in [0.5, 0.6) is 0 Å². The van der Waals surface area contributed by atoms with Crippen LogP contribution in [-0.4, -0.2) is 27.4 Å². The van der Waals surface area contributed by atoms with E-state index in [2.05, 4.69) is 15.6 Å². The summed E-state index contributed by atoms with van der Waals surface area (Å²) in [6.45, 7) is 0. The maximum atomic E-state index is 13.2. The van der Waals surface area contributed by atoms with Crippen LogP contribution in [0.3, 0.4) is 0 Å². The first-order chi connectivity index (χ1) is 15.5. The minimum Gasteiger partial charge on any atom is -0.398 e. The quantitative estimate of drug-likeness (QED) is 0.468. The van der Waals surface area contributed by atoms with E-state index in [1.165, 1.54) is 6.20 Å². The van der Waals surface area contributed by atoms with Crippen LogP contribution in [0.1, 0.15) is 38.0 Å². The minimum absolute atomic E-state index is 0.179. The predicted octanol–water partition coefficient (Wildman–Crippen LogP) is 2.98. The molecular weight excluding hydrogens is 402 g/mol. The van der Waals surface area contributed by atoms with Crippen LogP contribution in [0.25, 0.3) is 10.9 Å². The number of aromatic nitrogens is 2. The van der Waals surface area contributed by atoms with E-state index in [1.807, 2.05) is 66.2 Å². The molecule has 0 radical (unpaired) electrons. The number of nitrogens with zero attached hydrogens (tertiary/aromatic N) is 2. The number of hydrogen-bond acceptors (Lipinski definition) is 4. The molecule has 1 aliphatic rings. The molecule has 2 atom stereocenters. The van der Waals surface area contributed by atoms with Crippen molar-refractivity contribution in [3.05, 3.63) is 95.4 Å². The van der Waals surface area contributed by atoms with Gasteiger partial charge in [0.15, 0.2) is 0 Å². The molecule has 7 heteroatoms. The van der Waals surface area contributed by atoms with Gasteiger partial charge < -0.3 is 20.9 Å². The zero-order chi connectivity index (χ0) is 22.2. The average Bonchev–Trinajstić information content (AvgIpc) is 3.32. The lowest BCUT2D eigenvalue weighted by Gasteiger charge is -2.23. The number of nitrogens with one attached hydrogen (secondary N) is 2. The van der Waals surface area contributed by atoms with Crippen LogP contribution in [0.2, 0.25) is 0 Å². The fourth-order valence-corrected chi connectivity index (χ4v) is 4.47. The molecule has 160 valence electrons. The molecule has 4 N–H and O–H groups in total. The molecule has 1 aliphatic carbocycles. The second kappa shape index (κ2) is 7.85. The third-order valence-electron chi connectivity index (χ3n) is 6.12. The Kier molecular flexibility index (Phi) is 4.86. The molecule has 0 fully saturated rings. The molecule has 2 aromatic heterocycles. The number of amides is 2. The van der Waals surface area contributed by atoms with E-state index >= 15 is 0 Å². The topological polar surface area (TPSA) is 102 Å². The van der Waals surface area contributed by atoms with Crippen LogP contribution in [0.15, 0.2) is 73.1 Å². The lowest BCUT2D eigenvalue weighted by Crippen LogP contribution is -2.44. The number of anilines is 1. The second-order valence-electron chi connectivity index (χ2n) is 8.04. The van der Waals surface area contributed by atoms with Gasteiger partial charge in [-0.25, -0.2) is 0 Å². The van der Waals surface area contributed by atoms with Gasteiger partial charge in [0.2, 0.25) is 0 Å². The van der Waals surface area contributed by atoms with Crippen molar-refractivity contribution in [2.24, 2.45) is 7.05 Å². The molecule has 4 aromatic rings. The van der Waals surface area contributed by atoms with Crippen LogP contribution in [0, 0.1) is 0 Å².